The van der Waals surface area contributed by atoms with Gasteiger partial charge in [0.25, 0.3) is 11.8 Å². The number of aryl methyl sites for hydroxylation is 1. The van der Waals surface area contributed by atoms with E-state index in [9.17, 15) is 9.59 Å². The molecular weight excluding hydrogens is 344 g/mol. The summed E-state index contributed by atoms with van der Waals surface area (Å²) in [6.07, 6.45) is 2.14. The number of rotatable bonds is 7. The predicted molar refractivity (Wildman–Crippen MR) is 103 cm³/mol. The van der Waals surface area contributed by atoms with Crippen LogP contribution >= 0.6 is 0 Å². The number of anilines is 1. The Morgan fingerprint density at radius 1 is 1.11 bits per heavy atom. The number of carbonyl (C=O) groups excluding carboxylic acids is 2. The summed E-state index contributed by atoms with van der Waals surface area (Å²) in [7, 11) is 0. The fourth-order valence-electron chi connectivity index (χ4n) is 2.80. The van der Waals surface area contributed by atoms with Crippen molar-refractivity contribution < 1.29 is 19.1 Å². The van der Waals surface area contributed by atoms with Gasteiger partial charge in [0, 0.05) is 24.4 Å². The first kappa shape index (κ1) is 18.9. The van der Waals surface area contributed by atoms with Gasteiger partial charge in [-0.2, -0.15) is 0 Å². The maximum Gasteiger partial charge on any atom is 0.262 e. The summed E-state index contributed by atoms with van der Waals surface area (Å²) >= 11 is 0. The van der Waals surface area contributed by atoms with Crippen LogP contribution < -0.4 is 15.4 Å². The van der Waals surface area contributed by atoms with E-state index in [0.717, 1.165) is 25.0 Å². The van der Waals surface area contributed by atoms with Gasteiger partial charge in [-0.1, -0.05) is 17.7 Å². The molecule has 0 aromatic heterocycles. The lowest BCUT2D eigenvalue weighted by molar-refractivity contribution is -0.118. The molecule has 1 aliphatic rings. The molecule has 27 heavy (non-hydrogen) atoms. The van der Waals surface area contributed by atoms with Crippen molar-refractivity contribution >= 4 is 17.5 Å². The molecule has 0 bridgehead atoms. The molecule has 6 heteroatoms. The van der Waals surface area contributed by atoms with Crippen molar-refractivity contribution in [2.24, 2.45) is 0 Å². The van der Waals surface area contributed by atoms with E-state index in [1.165, 1.54) is 0 Å². The third-order valence-corrected chi connectivity index (χ3v) is 4.34. The van der Waals surface area contributed by atoms with E-state index in [-0.39, 0.29) is 24.5 Å². The first-order chi connectivity index (χ1) is 13.1. The van der Waals surface area contributed by atoms with Gasteiger partial charge in [0.15, 0.2) is 6.61 Å². The normalized spacial score (nSPS) is 16.0. The lowest BCUT2D eigenvalue weighted by atomic mass is 10.2. The van der Waals surface area contributed by atoms with Crippen LogP contribution in [0.1, 0.15) is 28.8 Å². The molecule has 1 heterocycles. The molecule has 0 unspecified atom stereocenters. The fourth-order valence-corrected chi connectivity index (χ4v) is 2.80. The Bertz CT molecular complexity index is 766. The molecule has 1 aliphatic heterocycles. The van der Waals surface area contributed by atoms with Crippen LogP contribution in [0.5, 0.6) is 5.75 Å². The average Bonchev–Trinajstić information content (AvgIpc) is 3.20. The molecule has 3 rings (SSSR count). The molecule has 2 aromatic rings. The van der Waals surface area contributed by atoms with Crippen molar-refractivity contribution in [1.29, 1.82) is 0 Å². The molecule has 6 nitrogen and oxygen atoms in total. The number of ether oxygens (including phenoxy) is 2. The van der Waals surface area contributed by atoms with Crippen molar-refractivity contribution in [2.45, 2.75) is 25.9 Å². The molecule has 2 amide bonds. The summed E-state index contributed by atoms with van der Waals surface area (Å²) < 4.78 is 10.9. The first-order valence-electron chi connectivity index (χ1n) is 9.09. The topological polar surface area (TPSA) is 76.7 Å². The number of benzene rings is 2. The third-order valence-electron chi connectivity index (χ3n) is 4.34. The highest BCUT2D eigenvalue weighted by molar-refractivity contribution is 5.96. The molecule has 142 valence electrons. The van der Waals surface area contributed by atoms with Gasteiger partial charge in [-0.15, -0.1) is 0 Å². The van der Waals surface area contributed by atoms with E-state index in [0.29, 0.717) is 23.5 Å². The second-order valence-corrected chi connectivity index (χ2v) is 6.57. The summed E-state index contributed by atoms with van der Waals surface area (Å²) in [5, 5.41) is 5.62. The summed E-state index contributed by atoms with van der Waals surface area (Å²) in [4.78, 5) is 24.1. The molecule has 1 atom stereocenters. The maximum absolute atomic E-state index is 12.1. The highest BCUT2D eigenvalue weighted by Gasteiger charge is 2.16. The van der Waals surface area contributed by atoms with E-state index >= 15 is 0 Å². The molecule has 0 saturated carbocycles. The number of nitrogens with one attached hydrogen (secondary N) is 2. The van der Waals surface area contributed by atoms with Gasteiger partial charge in [-0.3, -0.25) is 9.59 Å². The Morgan fingerprint density at radius 3 is 2.52 bits per heavy atom. The van der Waals surface area contributed by atoms with Gasteiger partial charge in [0.05, 0.1) is 6.10 Å². The quantitative estimate of drug-likeness (QED) is 0.788. The minimum Gasteiger partial charge on any atom is -0.484 e. The van der Waals surface area contributed by atoms with Crippen molar-refractivity contribution in [3.63, 3.8) is 0 Å². The molecule has 1 saturated heterocycles. The Hall–Kier alpha value is -2.86. The standard InChI is InChI=1S/C21H24N2O4/c1-15-4-10-18(11-5-15)27-14-20(24)23-17-8-6-16(7-9-17)21(25)22-13-19-3-2-12-26-19/h4-11,19H,2-3,12-14H2,1H3,(H,22,25)(H,23,24)/t19-/m1/s1. The monoisotopic (exact) mass is 368 g/mol. The molecule has 2 N–H and O–H groups in total. The van der Waals surface area contributed by atoms with Crippen LogP contribution in [0.25, 0.3) is 0 Å². The van der Waals surface area contributed by atoms with Crippen LogP contribution in [0.15, 0.2) is 48.5 Å². The number of amides is 2. The van der Waals surface area contributed by atoms with Crippen molar-refractivity contribution in [1.82, 2.24) is 5.32 Å². The summed E-state index contributed by atoms with van der Waals surface area (Å²) in [5.74, 6) is 0.242. The van der Waals surface area contributed by atoms with Gasteiger partial charge in [-0.25, -0.2) is 0 Å². The third kappa shape index (κ3) is 5.82. The van der Waals surface area contributed by atoms with Crippen LogP contribution in [0.2, 0.25) is 0 Å². The Balaban J connectivity index is 1.44. The molecule has 0 aliphatic carbocycles. The zero-order chi connectivity index (χ0) is 19.1. The molecule has 1 fully saturated rings. The second kappa shape index (κ2) is 9.19. The van der Waals surface area contributed by atoms with Gasteiger partial charge in [0.1, 0.15) is 5.75 Å². The Kier molecular flexibility index (Phi) is 6.44. The van der Waals surface area contributed by atoms with Gasteiger partial charge < -0.3 is 20.1 Å². The first-order valence-corrected chi connectivity index (χ1v) is 9.09. The predicted octanol–water partition coefficient (Wildman–Crippen LogP) is 2.92. The number of carbonyl (C=O) groups is 2. The summed E-state index contributed by atoms with van der Waals surface area (Å²) in [5.41, 5.74) is 2.29. The van der Waals surface area contributed by atoms with E-state index in [4.69, 9.17) is 9.47 Å². The minimum absolute atomic E-state index is 0.0767. The maximum atomic E-state index is 12.1. The average molecular weight is 368 g/mol. The summed E-state index contributed by atoms with van der Waals surface area (Å²) in [6, 6.07) is 14.3. The van der Waals surface area contributed by atoms with Crippen LogP contribution in [0.4, 0.5) is 5.69 Å². The second-order valence-electron chi connectivity index (χ2n) is 6.57. The van der Waals surface area contributed by atoms with Crippen LogP contribution in [0.3, 0.4) is 0 Å². The highest BCUT2D eigenvalue weighted by Crippen LogP contribution is 2.13. The van der Waals surface area contributed by atoms with Crippen LogP contribution in [-0.2, 0) is 9.53 Å². The van der Waals surface area contributed by atoms with E-state index in [1.807, 2.05) is 31.2 Å². The number of hydrogen-bond donors (Lipinski definition) is 2. The zero-order valence-corrected chi connectivity index (χ0v) is 15.4. The number of hydrogen-bond acceptors (Lipinski definition) is 4. The van der Waals surface area contributed by atoms with Gasteiger partial charge >= 0.3 is 0 Å². The highest BCUT2D eigenvalue weighted by atomic mass is 16.5. The van der Waals surface area contributed by atoms with E-state index in [2.05, 4.69) is 10.6 Å². The minimum atomic E-state index is -0.258. The van der Waals surface area contributed by atoms with Crippen molar-refractivity contribution in [3.8, 4) is 5.75 Å². The molecular formula is C21H24N2O4. The van der Waals surface area contributed by atoms with E-state index in [1.54, 1.807) is 24.3 Å². The smallest absolute Gasteiger partial charge is 0.262 e. The summed E-state index contributed by atoms with van der Waals surface area (Å²) in [6.45, 7) is 3.20. The largest absolute Gasteiger partial charge is 0.484 e. The van der Waals surface area contributed by atoms with Crippen molar-refractivity contribution in [2.75, 3.05) is 25.1 Å². The zero-order valence-electron chi connectivity index (χ0n) is 15.4. The Morgan fingerprint density at radius 2 is 1.85 bits per heavy atom. The van der Waals surface area contributed by atoms with E-state index < -0.39 is 0 Å². The lowest BCUT2D eigenvalue weighted by Gasteiger charge is -2.11. The SMILES string of the molecule is Cc1ccc(OCC(=O)Nc2ccc(C(=O)NC[C@H]3CCCO3)cc2)cc1. The molecule has 2 aromatic carbocycles. The van der Waals surface area contributed by atoms with Crippen LogP contribution in [-0.4, -0.2) is 37.7 Å². The van der Waals surface area contributed by atoms with Crippen molar-refractivity contribution in [3.05, 3.63) is 59.7 Å². The lowest BCUT2D eigenvalue weighted by Crippen LogP contribution is -2.31. The van der Waals surface area contributed by atoms with Crippen LogP contribution in [0, 0.1) is 6.92 Å². The van der Waals surface area contributed by atoms with Gasteiger partial charge in [-0.05, 0) is 56.2 Å². The van der Waals surface area contributed by atoms with Gasteiger partial charge in [0.2, 0.25) is 0 Å². The molecule has 0 radical (unpaired) electrons. The molecule has 0 spiro atoms. The fraction of sp³-hybridized carbons (Fsp3) is 0.333. The Labute approximate surface area is 158 Å².